The van der Waals surface area contributed by atoms with Gasteiger partial charge in [-0.05, 0) is 87.4 Å². The van der Waals surface area contributed by atoms with E-state index in [2.05, 4.69) is 5.32 Å². The molecular weight excluding hydrogens is 622 g/mol. The molecule has 1 unspecified atom stereocenters. The predicted octanol–water partition coefficient (Wildman–Crippen LogP) is 6.41. The van der Waals surface area contributed by atoms with E-state index in [-0.39, 0.29) is 29.8 Å². The molecule has 1 N–H and O–H groups in total. The molecule has 8 nitrogen and oxygen atoms in total. The van der Waals surface area contributed by atoms with E-state index >= 15 is 0 Å². The van der Waals surface area contributed by atoms with Gasteiger partial charge >= 0.3 is 0 Å². The number of aryl methyl sites for hydroxylation is 1. The predicted molar refractivity (Wildman–Crippen MR) is 183 cm³/mol. The molecule has 4 aromatic rings. The number of hydrogen-bond acceptors (Lipinski definition) is 5. The molecule has 0 heterocycles. The van der Waals surface area contributed by atoms with Gasteiger partial charge in [-0.1, -0.05) is 71.8 Å². The number of ether oxygens (including phenoxy) is 1. The Morgan fingerprint density at radius 2 is 1.52 bits per heavy atom. The minimum Gasteiger partial charge on any atom is -0.494 e. The molecular formula is C36H40ClN3O5S. The number of benzene rings is 4. The van der Waals surface area contributed by atoms with Crippen LogP contribution in [0.3, 0.4) is 0 Å². The molecule has 0 aliphatic carbocycles. The number of sulfonamides is 1. The van der Waals surface area contributed by atoms with Gasteiger partial charge in [-0.2, -0.15) is 0 Å². The van der Waals surface area contributed by atoms with Gasteiger partial charge in [0.25, 0.3) is 10.0 Å². The van der Waals surface area contributed by atoms with E-state index in [0.29, 0.717) is 28.6 Å². The summed E-state index contributed by atoms with van der Waals surface area (Å²) in [4.78, 5) is 29.7. The van der Waals surface area contributed by atoms with Crippen molar-refractivity contribution in [1.29, 1.82) is 0 Å². The van der Waals surface area contributed by atoms with E-state index < -0.39 is 28.5 Å². The standard InChI is InChI=1S/C36H40ClN3O5S/c1-5-45-32-18-20-33(21-19-32)46(43,44)40(31-16-14-27(4)15-17-31)25-35(41)39(24-29-12-9-13-30(37)22-29)34(36(42)38-26(2)3)23-28-10-7-6-8-11-28/h6-22,26,34H,5,23-25H2,1-4H3,(H,38,42). The molecule has 46 heavy (non-hydrogen) atoms. The molecule has 1 atom stereocenters. The third kappa shape index (κ3) is 9.11. The zero-order valence-corrected chi connectivity index (χ0v) is 28.1. The van der Waals surface area contributed by atoms with Crippen LogP contribution in [0.2, 0.25) is 5.02 Å². The quantitative estimate of drug-likeness (QED) is 0.169. The van der Waals surface area contributed by atoms with E-state index in [1.165, 1.54) is 17.0 Å². The number of anilines is 1. The number of hydrogen-bond donors (Lipinski definition) is 1. The first-order chi connectivity index (χ1) is 22.0. The van der Waals surface area contributed by atoms with Crippen LogP contribution < -0.4 is 14.4 Å². The van der Waals surface area contributed by atoms with Crippen molar-refractivity contribution >= 4 is 39.1 Å². The van der Waals surface area contributed by atoms with Crippen LogP contribution in [0.25, 0.3) is 0 Å². The highest BCUT2D eigenvalue weighted by Crippen LogP contribution is 2.27. The fourth-order valence-electron chi connectivity index (χ4n) is 5.01. The summed E-state index contributed by atoms with van der Waals surface area (Å²) in [6, 6.07) is 28.4. The molecule has 0 aliphatic rings. The van der Waals surface area contributed by atoms with Crippen molar-refractivity contribution in [3.63, 3.8) is 0 Å². The van der Waals surface area contributed by atoms with Crippen molar-refractivity contribution in [1.82, 2.24) is 10.2 Å². The molecule has 10 heteroatoms. The van der Waals surface area contributed by atoms with Crippen LogP contribution in [0.15, 0.2) is 108 Å². The summed E-state index contributed by atoms with van der Waals surface area (Å²) >= 11 is 6.31. The van der Waals surface area contributed by atoms with Gasteiger partial charge in [-0.25, -0.2) is 8.42 Å². The van der Waals surface area contributed by atoms with E-state index in [9.17, 15) is 18.0 Å². The lowest BCUT2D eigenvalue weighted by Gasteiger charge is -2.34. The maximum absolute atomic E-state index is 14.5. The van der Waals surface area contributed by atoms with Gasteiger partial charge in [0.05, 0.1) is 17.2 Å². The highest BCUT2D eigenvalue weighted by molar-refractivity contribution is 7.92. The zero-order chi connectivity index (χ0) is 33.3. The Hall–Kier alpha value is -4.34. The topological polar surface area (TPSA) is 96.0 Å². The number of carbonyl (C=O) groups is 2. The smallest absolute Gasteiger partial charge is 0.264 e. The third-order valence-electron chi connectivity index (χ3n) is 7.27. The Bertz CT molecular complexity index is 1710. The van der Waals surface area contributed by atoms with Crippen molar-refractivity contribution in [2.75, 3.05) is 17.5 Å². The van der Waals surface area contributed by atoms with E-state index in [1.54, 1.807) is 54.6 Å². The molecule has 0 saturated carbocycles. The Kier molecular flexibility index (Phi) is 11.8. The van der Waals surface area contributed by atoms with Gasteiger partial charge in [-0.15, -0.1) is 0 Å². The summed E-state index contributed by atoms with van der Waals surface area (Å²) in [5.74, 6) is -0.354. The monoisotopic (exact) mass is 661 g/mol. The second kappa shape index (κ2) is 15.8. The molecule has 0 aromatic heterocycles. The first-order valence-corrected chi connectivity index (χ1v) is 17.0. The van der Waals surface area contributed by atoms with Crippen molar-refractivity contribution in [3.05, 3.63) is 125 Å². The van der Waals surface area contributed by atoms with Gasteiger partial charge in [0.1, 0.15) is 18.3 Å². The zero-order valence-electron chi connectivity index (χ0n) is 26.5. The number of nitrogens with one attached hydrogen (secondary N) is 1. The summed E-state index contributed by atoms with van der Waals surface area (Å²) in [6.07, 6.45) is 0.224. The summed E-state index contributed by atoms with van der Waals surface area (Å²) < 4.78 is 35.0. The normalized spacial score (nSPS) is 12.0. The van der Waals surface area contributed by atoms with Crippen molar-refractivity contribution in [2.24, 2.45) is 0 Å². The first-order valence-electron chi connectivity index (χ1n) is 15.2. The molecule has 2 amide bonds. The van der Waals surface area contributed by atoms with Crippen LogP contribution in [-0.4, -0.2) is 50.4 Å². The number of rotatable bonds is 14. The summed E-state index contributed by atoms with van der Waals surface area (Å²) in [7, 11) is -4.22. The van der Waals surface area contributed by atoms with Crippen LogP contribution in [0.1, 0.15) is 37.5 Å². The first kappa shape index (κ1) is 34.5. The maximum atomic E-state index is 14.5. The van der Waals surface area contributed by atoms with Crippen LogP contribution in [0, 0.1) is 6.92 Å². The van der Waals surface area contributed by atoms with Crippen molar-refractivity contribution < 1.29 is 22.7 Å². The molecule has 4 aromatic carbocycles. The molecule has 4 rings (SSSR count). The Morgan fingerprint density at radius 3 is 2.13 bits per heavy atom. The lowest BCUT2D eigenvalue weighted by atomic mass is 10.0. The van der Waals surface area contributed by atoms with E-state index in [0.717, 1.165) is 15.4 Å². The second-order valence-electron chi connectivity index (χ2n) is 11.3. The second-order valence-corrected chi connectivity index (χ2v) is 13.6. The van der Waals surface area contributed by atoms with Crippen molar-refractivity contribution in [2.45, 2.75) is 57.6 Å². The Balaban J connectivity index is 1.79. The third-order valence-corrected chi connectivity index (χ3v) is 9.29. The Morgan fingerprint density at radius 1 is 0.870 bits per heavy atom. The van der Waals surface area contributed by atoms with E-state index in [1.807, 2.05) is 64.1 Å². The number of carbonyl (C=O) groups excluding carboxylic acids is 2. The highest BCUT2D eigenvalue weighted by Gasteiger charge is 2.35. The number of nitrogens with zero attached hydrogens (tertiary/aromatic N) is 2. The minimum atomic E-state index is -4.22. The van der Waals surface area contributed by atoms with Crippen LogP contribution >= 0.6 is 11.6 Å². The molecule has 0 aliphatic heterocycles. The number of amides is 2. The van der Waals surface area contributed by atoms with Gasteiger partial charge in [0.15, 0.2) is 0 Å². The van der Waals surface area contributed by atoms with E-state index in [4.69, 9.17) is 16.3 Å². The lowest BCUT2D eigenvalue weighted by molar-refractivity contribution is -0.140. The summed E-state index contributed by atoms with van der Waals surface area (Å²) in [5, 5.41) is 3.44. The summed E-state index contributed by atoms with van der Waals surface area (Å²) in [5.41, 5.74) is 2.81. The van der Waals surface area contributed by atoms with Crippen LogP contribution in [0.4, 0.5) is 5.69 Å². The Labute approximate surface area is 277 Å². The SMILES string of the molecule is CCOc1ccc(S(=O)(=O)N(CC(=O)N(Cc2cccc(Cl)c2)C(Cc2ccccc2)C(=O)NC(C)C)c2ccc(C)cc2)cc1. The average molecular weight is 662 g/mol. The minimum absolute atomic E-state index is 0.00380. The molecule has 242 valence electrons. The lowest BCUT2D eigenvalue weighted by Crippen LogP contribution is -2.54. The molecule has 0 saturated heterocycles. The maximum Gasteiger partial charge on any atom is 0.264 e. The average Bonchev–Trinajstić information content (AvgIpc) is 3.02. The fraction of sp³-hybridized carbons (Fsp3) is 0.278. The molecule has 0 radical (unpaired) electrons. The molecule has 0 fully saturated rings. The highest BCUT2D eigenvalue weighted by atomic mass is 35.5. The molecule has 0 bridgehead atoms. The van der Waals surface area contributed by atoms with Gasteiger partial charge in [0.2, 0.25) is 11.8 Å². The van der Waals surface area contributed by atoms with Crippen molar-refractivity contribution in [3.8, 4) is 5.75 Å². The van der Waals surface area contributed by atoms with Crippen LogP contribution in [0.5, 0.6) is 5.75 Å². The van der Waals surface area contributed by atoms with Gasteiger partial charge in [-0.3, -0.25) is 13.9 Å². The number of halogens is 1. The summed E-state index contributed by atoms with van der Waals surface area (Å²) in [6.45, 7) is 7.37. The van der Waals surface area contributed by atoms with Gasteiger partial charge < -0.3 is 15.0 Å². The largest absolute Gasteiger partial charge is 0.494 e. The molecule has 0 spiro atoms. The van der Waals surface area contributed by atoms with Gasteiger partial charge in [0, 0.05) is 24.0 Å². The van der Waals surface area contributed by atoms with Crippen LogP contribution in [-0.2, 0) is 32.6 Å². The fourth-order valence-corrected chi connectivity index (χ4v) is 6.64.